The lowest BCUT2D eigenvalue weighted by atomic mass is 10.2. The highest BCUT2D eigenvalue weighted by Gasteiger charge is 2.19. The fraction of sp³-hybridized carbons (Fsp3) is 0.615. The van der Waals surface area contributed by atoms with Crippen molar-refractivity contribution in [1.29, 1.82) is 0 Å². The van der Waals surface area contributed by atoms with Gasteiger partial charge in [-0.25, -0.2) is 4.79 Å². The number of carbonyl (C=O) groups is 1. The summed E-state index contributed by atoms with van der Waals surface area (Å²) in [6.07, 6.45) is 2.12. The third-order valence-electron chi connectivity index (χ3n) is 2.98. The second-order valence-electron chi connectivity index (χ2n) is 4.30. The predicted octanol–water partition coefficient (Wildman–Crippen LogP) is 2.13. The summed E-state index contributed by atoms with van der Waals surface area (Å²) >= 11 is 0. The van der Waals surface area contributed by atoms with Gasteiger partial charge >= 0.3 is 5.97 Å². The molecule has 0 radical (unpaired) electrons. The highest BCUT2D eigenvalue weighted by Crippen LogP contribution is 2.22. The Morgan fingerprint density at radius 1 is 1.44 bits per heavy atom. The van der Waals surface area contributed by atoms with E-state index in [1.54, 1.807) is 6.07 Å². The molecule has 102 valence electrons. The summed E-state index contributed by atoms with van der Waals surface area (Å²) in [5.74, 6) is -0.482. The number of carboxylic acids is 1. The molecule has 1 atom stereocenters. The summed E-state index contributed by atoms with van der Waals surface area (Å²) in [5, 5.41) is 17.9. The number of rotatable bonds is 8. The smallest absolute Gasteiger partial charge is 0.371 e. The quantitative estimate of drug-likeness (QED) is 0.744. The Morgan fingerprint density at radius 3 is 2.67 bits per heavy atom. The maximum atomic E-state index is 10.8. The number of unbranched alkanes of at least 4 members (excludes halogenated alkanes) is 1. The third kappa shape index (κ3) is 3.85. The minimum Gasteiger partial charge on any atom is -0.475 e. The third-order valence-corrected chi connectivity index (χ3v) is 2.98. The Morgan fingerprint density at radius 2 is 2.17 bits per heavy atom. The van der Waals surface area contributed by atoms with Gasteiger partial charge in [0.15, 0.2) is 0 Å². The number of hydrogen-bond acceptors (Lipinski definition) is 4. The van der Waals surface area contributed by atoms with E-state index in [-0.39, 0.29) is 18.4 Å². The molecule has 1 aromatic heterocycles. The summed E-state index contributed by atoms with van der Waals surface area (Å²) in [6.45, 7) is 5.57. The first-order valence-corrected chi connectivity index (χ1v) is 6.28. The number of hydrogen-bond donors (Lipinski definition) is 2. The van der Waals surface area contributed by atoms with E-state index in [1.807, 2.05) is 6.92 Å². The van der Waals surface area contributed by atoms with E-state index >= 15 is 0 Å². The number of nitrogens with zero attached hydrogens (tertiary/aromatic N) is 1. The van der Waals surface area contributed by atoms with Crippen LogP contribution >= 0.6 is 0 Å². The minimum absolute atomic E-state index is 0.0307. The van der Waals surface area contributed by atoms with Gasteiger partial charge in [0.25, 0.3) is 0 Å². The number of aliphatic hydroxyl groups excluding tert-OH is 1. The minimum atomic E-state index is -1.06. The van der Waals surface area contributed by atoms with Crippen molar-refractivity contribution in [3.63, 3.8) is 0 Å². The van der Waals surface area contributed by atoms with E-state index < -0.39 is 5.97 Å². The molecule has 0 fully saturated rings. The molecular formula is C13H21NO4. The van der Waals surface area contributed by atoms with Crippen LogP contribution in [0.3, 0.4) is 0 Å². The zero-order valence-electron chi connectivity index (χ0n) is 10.9. The number of aliphatic hydroxyl groups is 1. The summed E-state index contributed by atoms with van der Waals surface area (Å²) in [5.41, 5.74) is 0. The van der Waals surface area contributed by atoms with Crippen molar-refractivity contribution in [1.82, 2.24) is 4.90 Å². The zero-order chi connectivity index (χ0) is 13.5. The van der Waals surface area contributed by atoms with Crippen molar-refractivity contribution < 1.29 is 19.4 Å². The van der Waals surface area contributed by atoms with Crippen LogP contribution in [0.4, 0.5) is 0 Å². The maximum absolute atomic E-state index is 10.8. The molecule has 0 spiro atoms. The van der Waals surface area contributed by atoms with Gasteiger partial charge in [0.05, 0.1) is 12.6 Å². The van der Waals surface area contributed by atoms with Gasteiger partial charge in [0.2, 0.25) is 5.76 Å². The molecule has 2 N–H and O–H groups in total. The number of aromatic carboxylic acids is 1. The van der Waals surface area contributed by atoms with E-state index in [0.29, 0.717) is 12.3 Å². The van der Waals surface area contributed by atoms with Crippen molar-refractivity contribution in [2.45, 2.75) is 32.7 Å². The lowest BCUT2D eigenvalue weighted by molar-refractivity contribution is 0.0654. The first-order chi connectivity index (χ1) is 8.60. The topological polar surface area (TPSA) is 73.9 Å². The lowest BCUT2D eigenvalue weighted by Crippen LogP contribution is -2.30. The van der Waals surface area contributed by atoms with Crippen LogP contribution in [-0.2, 0) is 0 Å². The van der Waals surface area contributed by atoms with Gasteiger partial charge < -0.3 is 14.6 Å². The van der Waals surface area contributed by atoms with Gasteiger partial charge in [0.1, 0.15) is 5.76 Å². The molecule has 0 amide bonds. The second-order valence-corrected chi connectivity index (χ2v) is 4.30. The van der Waals surface area contributed by atoms with Crippen LogP contribution in [0.2, 0.25) is 0 Å². The van der Waals surface area contributed by atoms with Crippen molar-refractivity contribution in [2.24, 2.45) is 0 Å². The molecule has 0 bridgehead atoms. The normalized spacial score (nSPS) is 12.9. The summed E-state index contributed by atoms with van der Waals surface area (Å²) < 4.78 is 5.29. The average Bonchev–Trinajstić information content (AvgIpc) is 2.83. The fourth-order valence-corrected chi connectivity index (χ4v) is 1.86. The molecule has 1 unspecified atom stereocenters. The Bertz CT molecular complexity index is 375. The van der Waals surface area contributed by atoms with E-state index in [9.17, 15) is 4.79 Å². The molecular weight excluding hydrogens is 234 g/mol. The monoisotopic (exact) mass is 255 g/mol. The predicted molar refractivity (Wildman–Crippen MR) is 67.6 cm³/mol. The second kappa shape index (κ2) is 7.18. The molecule has 18 heavy (non-hydrogen) atoms. The number of furan rings is 1. The standard InChI is InChI=1S/C13H21NO4/c1-3-4-7-14(8-9-15)10(2)11-5-6-12(18-11)13(16)17/h5-6,10,15H,3-4,7-9H2,1-2H3,(H,16,17). The Labute approximate surface area is 107 Å². The molecule has 0 saturated heterocycles. The SMILES string of the molecule is CCCCN(CCO)C(C)c1ccc(C(=O)O)o1. The lowest BCUT2D eigenvalue weighted by Gasteiger charge is -2.26. The molecule has 0 aliphatic heterocycles. The molecule has 0 aliphatic rings. The summed E-state index contributed by atoms with van der Waals surface area (Å²) in [7, 11) is 0. The van der Waals surface area contributed by atoms with Gasteiger partial charge in [0, 0.05) is 6.54 Å². The van der Waals surface area contributed by atoms with Crippen LogP contribution in [0.15, 0.2) is 16.5 Å². The molecule has 5 heteroatoms. The first-order valence-electron chi connectivity index (χ1n) is 6.28. The molecule has 5 nitrogen and oxygen atoms in total. The van der Waals surface area contributed by atoms with Crippen LogP contribution in [0, 0.1) is 0 Å². The van der Waals surface area contributed by atoms with Gasteiger partial charge in [-0.3, -0.25) is 4.90 Å². The molecule has 0 aliphatic carbocycles. The van der Waals surface area contributed by atoms with Crippen molar-refractivity contribution in [3.8, 4) is 0 Å². The van der Waals surface area contributed by atoms with Crippen LogP contribution in [0.25, 0.3) is 0 Å². The first kappa shape index (κ1) is 14.7. The average molecular weight is 255 g/mol. The molecule has 0 saturated carbocycles. The molecule has 1 aromatic rings. The maximum Gasteiger partial charge on any atom is 0.371 e. The van der Waals surface area contributed by atoms with Crippen molar-refractivity contribution in [2.75, 3.05) is 19.7 Å². The van der Waals surface area contributed by atoms with Crippen LogP contribution in [0.5, 0.6) is 0 Å². The van der Waals surface area contributed by atoms with E-state index in [2.05, 4.69) is 11.8 Å². The van der Waals surface area contributed by atoms with E-state index in [0.717, 1.165) is 19.4 Å². The highest BCUT2D eigenvalue weighted by atomic mass is 16.4. The van der Waals surface area contributed by atoms with E-state index in [4.69, 9.17) is 14.6 Å². The van der Waals surface area contributed by atoms with Crippen molar-refractivity contribution in [3.05, 3.63) is 23.7 Å². The number of carboxylic acid groups (broad SMARTS) is 1. The van der Waals surface area contributed by atoms with Crippen LogP contribution in [0.1, 0.15) is 49.0 Å². The Kier molecular flexibility index (Phi) is 5.88. The largest absolute Gasteiger partial charge is 0.475 e. The van der Waals surface area contributed by atoms with Crippen LogP contribution in [-0.4, -0.2) is 40.8 Å². The summed E-state index contributed by atoms with van der Waals surface area (Å²) in [6, 6.07) is 3.12. The van der Waals surface area contributed by atoms with Crippen molar-refractivity contribution >= 4 is 5.97 Å². The van der Waals surface area contributed by atoms with Gasteiger partial charge in [-0.1, -0.05) is 13.3 Å². The van der Waals surface area contributed by atoms with E-state index in [1.165, 1.54) is 6.07 Å². The van der Waals surface area contributed by atoms with Gasteiger partial charge in [-0.2, -0.15) is 0 Å². The molecule has 1 rings (SSSR count). The Balaban J connectivity index is 2.73. The molecule has 0 aromatic carbocycles. The zero-order valence-corrected chi connectivity index (χ0v) is 10.9. The fourth-order valence-electron chi connectivity index (χ4n) is 1.86. The summed E-state index contributed by atoms with van der Waals surface area (Å²) in [4.78, 5) is 12.8. The molecule has 1 heterocycles. The van der Waals surface area contributed by atoms with Gasteiger partial charge in [-0.15, -0.1) is 0 Å². The highest BCUT2D eigenvalue weighted by molar-refractivity contribution is 5.84. The van der Waals surface area contributed by atoms with Gasteiger partial charge in [-0.05, 0) is 32.0 Å². The Hall–Kier alpha value is -1.33. The van der Waals surface area contributed by atoms with Crippen LogP contribution < -0.4 is 0 Å².